The summed E-state index contributed by atoms with van der Waals surface area (Å²) in [7, 11) is 0. The lowest BCUT2D eigenvalue weighted by Gasteiger charge is -2.31. The molecule has 0 saturated carbocycles. The first-order valence-electron chi connectivity index (χ1n) is 9.27. The maximum atomic E-state index is 12.1. The molecule has 0 spiro atoms. The van der Waals surface area contributed by atoms with Gasteiger partial charge in [0.2, 0.25) is 5.91 Å². The summed E-state index contributed by atoms with van der Waals surface area (Å²) in [6, 6.07) is 10.1. The number of likely N-dealkylation sites (tertiary alicyclic amines) is 1. The largest absolute Gasteiger partial charge is 0.351 e. The van der Waals surface area contributed by atoms with Crippen molar-refractivity contribution in [1.29, 1.82) is 0 Å². The summed E-state index contributed by atoms with van der Waals surface area (Å²) in [6.45, 7) is 6.31. The first-order chi connectivity index (χ1) is 12.2. The Morgan fingerprint density at radius 2 is 2.00 bits per heavy atom. The van der Waals surface area contributed by atoms with Crippen LogP contribution in [0.15, 0.2) is 42.7 Å². The Balaban J connectivity index is 1.38. The second kappa shape index (κ2) is 8.81. The quantitative estimate of drug-likeness (QED) is 0.842. The molecule has 25 heavy (non-hydrogen) atoms. The predicted molar refractivity (Wildman–Crippen MR) is 99.1 cm³/mol. The predicted octanol–water partition coefficient (Wildman–Crippen LogP) is 2.47. The molecule has 0 unspecified atom stereocenters. The van der Waals surface area contributed by atoms with Crippen molar-refractivity contribution in [3.8, 4) is 0 Å². The minimum absolute atomic E-state index is 0.116. The van der Waals surface area contributed by atoms with Gasteiger partial charge in [0.25, 0.3) is 0 Å². The van der Waals surface area contributed by atoms with Crippen LogP contribution in [0.1, 0.15) is 31.2 Å². The highest BCUT2D eigenvalue weighted by atomic mass is 16.2. The van der Waals surface area contributed by atoms with Crippen molar-refractivity contribution < 1.29 is 4.79 Å². The Morgan fingerprint density at radius 1 is 1.24 bits per heavy atom. The summed E-state index contributed by atoms with van der Waals surface area (Å²) in [4.78, 5) is 18.8. The van der Waals surface area contributed by atoms with Crippen molar-refractivity contribution in [2.45, 2.75) is 39.3 Å². The van der Waals surface area contributed by atoms with Gasteiger partial charge in [-0.15, -0.1) is 0 Å². The number of hydrogen-bond donors (Lipinski definition) is 1. The molecule has 0 atom stereocenters. The molecule has 1 N–H and O–H groups in total. The maximum Gasteiger partial charge on any atom is 0.234 e. The number of aryl methyl sites for hydroxylation is 1. The zero-order valence-electron chi connectivity index (χ0n) is 15.0. The molecule has 1 aliphatic rings. The summed E-state index contributed by atoms with van der Waals surface area (Å²) >= 11 is 0. The number of amides is 1. The van der Waals surface area contributed by atoms with Crippen LogP contribution in [0.4, 0.5) is 0 Å². The minimum atomic E-state index is 0.116. The molecule has 134 valence electrons. The van der Waals surface area contributed by atoms with E-state index in [1.54, 1.807) is 0 Å². The Bertz CT molecular complexity index is 659. The number of imidazole rings is 1. The van der Waals surface area contributed by atoms with E-state index in [4.69, 9.17) is 0 Å². The average Bonchev–Trinajstić information content (AvgIpc) is 3.10. The van der Waals surface area contributed by atoms with Crippen molar-refractivity contribution in [2.24, 2.45) is 5.92 Å². The molecule has 0 bridgehead atoms. The lowest BCUT2D eigenvalue weighted by Crippen LogP contribution is -2.41. The van der Waals surface area contributed by atoms with Crippen LogP contribution in [0.2, 0.25) is 0 Å². The number of aromatic nitrogens is 2. The van der Waals surface area contributed by atoms with Gasteiger partial charge in [0.1, 0.15) is 5.82 Å². The number of piperidine rings is 1. The smallest absolute Gasteiger partial charge is 0.234 e. The van der Waals surface area contributed by atoms with Crippen molar-refractivity contribution in [2.75, 3.05) is 19.6 Å². The lowest BCUT2D eigenvalue weighted by molar-refractivity contribution is -0.122. The minimum Gasteiger partial charge on any atom is -0.351 e. The molecule has 1 aromatic heterocycles. The summed E-state index contributed by atoms with van der Waals surface area (Å²) in [6.07, 6.45) is 7.25. The Kier molecular flexibility index (Phi) is 6.23. The van der Waals surface area contributed by atoms with Gasteiger partial charge >= 0.3 is 0 Å². The van der Waals surface area contributed by atoms with Crippen LogP contribution in [0.3, 0.4) is 0 Å². The van der Waals surface area contributed by atoms with Gasteiger partial charge in [-0.3, -0.25) is 9.69 Å². The van der Waals surface area contributed by atoms with Gasteiger partial charge in [0.05, 0.1) is 6.54 Å². The SMILES string of the molecule is CCc1nccn1CC1CCN(CC(=O)NCc2ccccc2)CC1. The Hall–Kier alpha value is -2.14. The molecular weight excluding hydrogens is 312 g/mol. The molecule has 0 radical (unpaired) electrons. The molecule has 2 aromatic rings. The molecule has 1 aromatic carbocycles. The van der Waals surface area contributed by atoms with Crippen LogP contribution in [-0.4, -0.2) is 40.0 Å². The molecule has 1 fully saturated rings. The third-order valence-corrected chi connectivity index (χ3v) is 4.98. The summed E-state index contributed by atoms with van der Waals surface area (Å²) < 4.78 is 2.28. The Labute approximate surface area is 150 Å². The zero-order valence-corrected chi connectivity index (χ0v) is 15.0. The molecular formula is C20H28N4O. The van der Waals surface area contributed by atoms with E-state index in [1.165, 1.54) is 5.82 Å². The van der Waals surface area contributed by atoms with Gasteiger partial charge in [0, 0.05) is 31.9 Å². The highest BCUT2D eigenvalue weighted by Gasteiger charge is 2.21. The van der Waals surface area contributed by atoms with Crippen LogP contribution in [0, 0.1) is 5.92 Å². The maximum absolute atomic E-state index is 12.1. The van der Waals surface area contributed by atoms with Gasteiger partial charge in [-0.25, -0.2) is 4.98 Å². The van der Waals surface area contributed by atoms with Crippen LogP contribution < -0.4 is 5.32 Å². The molecule has 0 aliphatic carbocycles. The molecule has 3 rings (SSSR count). The molecule has 5 nitrogen and oxygen atoms in total. The van der Waals surface area contributed by atoms with E-state index in [2.05, 4.69) is 32.9 Å². The van der Waals surface area contributed by atoms with Crippen molar-refractivity contribution in [3.05, 3.63) is 54.1 Å². The number of nitrogens with one attached hydrogen (secondary N) is 1. The fourth-order valence-corrected chi connectivity index (χ4v) is 3.48. The number of nitrogens with zero attached hydrogens (tertiary/aromatic N) is 3. The van der Waals surface area contributed by atoms with E-state index in [1.807, 2.05) is 36.5 Å². The lowest BCUT2D eigenvalue weighted by atomic mass is 9.96. The van der Waals surface area contributed by atoms with Crippen molar-refractivity contribution >= 4 is 5.91 Å². The standard InChI is InChI=1S/C20H28N4O/c1-2-19-21-10-13-24(19)15-18-8-11-23(12-9-18)16-20(25)22-14-17-6-4-3-5-7-17/h3-7,10,13,18H,2,8-9,11-12,14-16H2,1H3,(H,22,25). The van der Waals surface area contributed by atoms with Crippen LogP contribution in [0.25, 0.3) is 0 Å². The zero-order chi connectivity index (χ0) is 17.5. The second-order valence-corrected chi connectivity index (χ2v) is 6.83. The van der Waals surface area contributed by atoms with Crippen LogP contribution >= 0.6 is 0 Å². The second-order valence-electron chi connectivity index (χ2n) is 6.83. The molecule has 1 amide bonds. The number of hydrogen-bond acceptors (Lipinski definition) is 3. The topological polar surface area (TPSA) is 50.2 Å². The fourth-order valence-electron chi connectivity index (χ4n) is 3.48. The Morgan fingerprint density at radius 3 is 2.72 bits per heavy atom. The first kappa shape index (κ1) is 17.7. The van der Waals surface area contributed by atoms with Gasteiger partial charge in [-0.1, -0.05) is 37.3 Å². The molecule has 2 heterocycles. The van der Waals surface area contributed by atoms with E-state index in [9.17, 15) is 4.79 Å². The van der Waals surface area contributed by atoms with Crippen molar-refractivity contribution in [1.82, 2.24) is 19.8 Å². The molecule has 1 saturated heterocycles. The third-order valence-electron chi connectivity index (χ3n) is 4.98. The number of benzene rings is 1. The average molecular weight is 340 g/mol. The van der Waals surface area contributed by atoms with Gasteiger partial charge < -0.3 is 9.88 Å². The van der Waals surface area contributed by atoms with Gasteiger partial charge in [-0.2, -0.15) is 0 Å². The normalized spacial score (nSPS) is 16.0. The number of carbonyl (C=O) groups excluding carboxylic acids is 1. The van der Waals surface area contributed by atoms with Gasteiger partial charge in [0.15, 0.2) is 0 Å². The summed E-state index contributed by atoms with van der Waals surface area (Å²) in [5, 5.41) is 3.02. The number of rotatable bonds is 7. The van der Waals surface area contributed by atoms with Crippen LogP contribution in [-0.2, 0) is 24.3 Å². The highest BCUT2D eigenvalue weighted by molar-refractivity contribution is 5.78. The van der Waals surface area contributed by atoms with Crippen molar-refractivity contribution in [3.63, 3.8) is 0 Å². The van der Waals surface area contributed by atoms with E-state index < -0.39 is 0 Å². The van der Waals surface area contributed by atoms with E-state index in [0.717, 1.165) is 44.5 Å². The first-order valence-corrected chi connectivity index (χ1v) is 9.27. The number of carbonyl (C=O) groups is 1. The summed E-state index contributed by atoms with van der Waals surface area (Å²) in [5.41, 5.74) is 1.14. The third kappa shape index (κ3) is 5.16. The van der Waals surface area contributed by atoms with E-state index in [0.29, 0.717) is 19.0 Å². The molecule has 5 heteroatoms. The summed E-state index contributed by atoms with van der Waals surface area (Å²) in [5.74, 6) is 1.97. The highest BCUT2D eigenvalue weighted by Crippen LogP contribution is 2.19. The molecule has 1 aliphatic heterocycles. The van der Waals surface area contributed by atoms with Gasteiger partial charge in [-0.05, 0) is 37.4 Å². The van der Waals surface area contributed by atoms with Crippen LogP contribution in [0.5, 0.6) is 0 Å². The van der Waals surface area contributed by atoms with E-state index >= 15 is 0 Å². The van der Waals surface area contributed by atoms with E-state index in [-0.39, 0.29) is 5.91 Å². The monoisotopic (exact) mass is 340 g/mol. The fraction of sp³-hybridized carbons (Fsp3) is 0.500.